The van der Waals surface area contributed by atoms with Crippen molar-refractivity contribution < 1.29 is 22.7 Å². The number of amides is 2. The zero-order chi connectivity index (χ0) is 28.6. The zero-order valence-corrected chi connectivity index (χ0v) is 24.3. The van der Waals surface area contributed by atoms with Crippen molar-refractivity contribution in [1.82, 2.24) is 24.0 Å². The first-order chi connectivity index (χ1) is 19.1. The normalized spacial score (nSPS) is 14.4. The number of aromatic nitrogens is 3. The van der Waals surface area contributed by atoms with E-state index in [0.29, 0.717) is 22.2 Å². The maximum absolute atomic E-state index is 13.2. The highest BCUT2D eigenvalue weighted by atomic mass is 32.2. The summed E-state index contributed by atoms with van der Waals surface area (Å²) < 4.78 is 35.3. The number of hydrogen-bond acceptors (Lipinski definition) is 8. The lowest BCUT2D eigenvalue weighted by molar-refractivity contribution is 0.0933. The van der Waals surface area contributed by atoms with E-state index in [1.807, 2.05) is 20.8 Å². The van der Waals surface area contributed by atoms with Crippen LogP contribution < -0.4 is 5.32 Å². The molecular formula is C27H30N6O5S2. The van der Waals surface area contributed by atoms with Gasteiger partial charge in [-0.3, -0.25) is 4.79 Å². The summed E-state index contributed by atoms with van der Waals surface area (Å²) in [6, 6.07) is 11.7. The third kappa shape index (κ3) is 5.44. The molecule has 0 bridgehead atoms. The van der Waals surface area contributed by atoms with Crippen LogP contribution in [-0.2, 0) is 14.8 Å². The van der Waals surface area contributed by atoms with Gasteiger partial charge >= 0.3 is 6.09 Å². The van der Waals surface area contributed by atoms with Crippen LogP contribution in [0.25, 0.3) is 15.3 Å². The van der Waals surface area contributed by atoms with E-state index in [1.165, 1.54) is 44.8 Å². The first-order valence-electron chi connectivity index (χ1n) is 12.8. The van der Waals surface area contributed by atoms with E-state index in [1.54, 1.807) is 17.7 Å². The molecule has 3 heterocycles. The van der Waals surface area contributed by atoms with Gasteiger partial charge in [0, 0.05) is 37.8 Å². The van der Waals surface area contributed by atoms with Crippen molar-refractivity contribution in [3.05, 3.63) is 64.8 Å². The summed E-state index contributed by atoms with van der Waals surface area (Å²) in [5, 5.41) is 8.05. The second-order valence-electron chi connectivity index (χ2n) is 9.58. The molecule has 1 N–H and O–H groups in total. The molecule has 1 fully saturated rings. The van der Waals surface area contributed by atoms with E-state index < -0.39 is 22.0 Å². The van der Waals surface area contributed by atoms with Gasteiger partial charge in [0.15, 0.2) is 0 Å². The number of aryl methyl sites for hydroxylation is 3. The average Bonchev–Trinajstić information content (AvgIpc) is 3.52. The maximum Gasteiger partial charge on any atom is 0.409 e. The monoisotopic (exact) mass is 582 g/mol. The minimum Gasteiger partial charge on any atom is -0.450 e. The number of thiazole rings is 1. The summed E-state index contributed by atoms with van der Waals surface area (Å²) in [7, 11) is -3.78. The fraction of sp³-hybridized carbons (Fsp3) is 0.333. The van der Waals surface area contributed by atoms with Crippen LogP contribution in [0.1, 0.15) is 34.1 Å². The Labute approximate surface area is 236 Å². The fourth-order valence-electron chi connectivity index (χ4n) is 4.63. The standard InChI is InChI=1S/C27H30N6O5S2/c1-5-38-27(35)31-10-12-32(13-11-31)40(36,37)21-8-6-20(7-9-21)25(34)28-23-16-19(4)30-33(23)26-29-24-18(3)14-17(2)15-22(24)39-26/h6-9,14-16H,5,10-13H2,1-4H3,(H,28,34). The minimum atomic E-state index is -3.78. The topological polar surface area (TPSA) is 127 Å². The molecule has 1 aliphatic heterocycles. The van der Waals surface area contributed by atoms with Crippen LogP contribution in [0, 0.1) is 20.8 Å². The number of hydrogen-bond donors (Lipinski definition) is 1. The number of piperazine rings is 1. The Balaban J connectivity index is 1.30. The van der Waals surface area contributed by atoms with Crippen molar-refractivity contribution in [3.63, 3.8) is 0 Å². The summed E-state index contributed by atoms with van der Waals surface area (Å²) in [5.74, 6) is 0.0633. The van der Waals surface area contributed by atoms with Gasteiger partial charge in [0.1, 0.15) is 5.82 Å². The third-order valence-corrected chi connectivity index (χ3v) is 9.48. The molecule has 1 saturated heterocycles. The van der Waals surface area contributed by atoms with Gasteiger partial charge < -0.3 is 15.0 Å². The van der Waals surface area contributed by atoms with E-state index >= 15 is 0 Å². The van der Waals surface area contributed by atoms with Gasteiger partial charge in [0.2, 0.25) is 15.2 Å². The number of nitrogens with zero attached hydrogens (tertiary/aromatic N) is 5. The lowest BCUT2D eigenvalue weighted by Crippen LogP contribution is -2.50. The van der Waals surface area contributed by atoms with Gasteiger partial charge in [0.05, 0.1) is 27.4 Å². The van der Waals surface area contributed by atoms with Crippen molar-refractivity contribution in [1.29, 1.82) is 0 Å². The van der Waals surface area contributed by atoms with Crippen molar-refractivity contribution in [3.8, 4) is 5.13 Å². The Morgan fingerprint density at radius 1 is 1.02 bits per heavy atom. The SMILES string of the molecule is CCOC(=O)N1CCN(S(=O)(=O)c2ccc(C(=O)Nc3cc(C)nn3-c3nc4c(C)cc(C)cc4s3)cc2)CC1. The number of ether oxygens (including phenoxy) is 1. The molecule has 1 aliphatic rings. The molecule has 11 nitrogen and oxygen atoms in total. The highest BCUT2D eigenvalue weighted by molar-refractivity contribution is 7.89. The highest BCUT2D eigenvalue weighted by Crippen LogP contribution is 2.30. The van der Waals surface area contributed by atoms with Crippen LogP contribution in [0.3, 0.4) is 0 Å². The molecule has 0 atom stereocenters. The second-order valence-corrected chi connectivity index (χ2v) is 12.5. The maximum atomic E-state index is 13.2. The van der Waals surface area contributed by atoms with Crippen molar-refractivity contribution in [2.24, 2.45) is 0 Å². The Hall–Kier alpha value is -3.81. The average molecular weight is 583 g/mol. The molecule has 40 heavy (non-hydrogen) atoms. The summed E-state index contributed by atoms with van der Waals surface area (Å²) in [4.78, 5) is 31.4. The molecular weight excluding hydrogens is 552 g/mol. The van der Waals surface area contributed by atoms with Gasteiger partial charge in [-0.15, -0.1) is 0 Å². The van der Waals surface area contributed by atoms with Gasteiger partial charge in [-0.1, -0.05) is 17.4 Å². The van der Waals surface area contributed by atoms with Crippen LogP contribution in [0.5, 0.6) is 0 Å². The number of carbonyl (C=O) groups is 2. The van der Waals surface area contributed by atoms with Crippen molar-refractivity contribution in [2.75, 3.05) is 38.1 Å². The quantitative estimate of drug-likeness (QED) is 0.362. The molecule has 0 unspecified atom stereocenters. The summed E-state index contributed by atoms with van der Waals surface area (Å²) in [5.41, 5.74) is 4.13. The fourth-order valence-corrected chi connectivity index (χ4v) is 7.16. The van der Waals surface area contributed by atoms with Gasteiger partial charge in [-0.25, -0.2) is 18.2 Å². The molecule has 13 heteroatoms. The van der Waals surface area contributed by atoms with Crippen LogP contribution in [0.2, 0.25) is 0 Å². The molecule has 2 amide bonds. The van der Waals surface area contributed by atoms with Crippen molar-refractivity contribution >= 4 is 49.4 Å². The van der Waals surface area contributed by atoms with E-state index in [-0.39, 0.29) is 37.7 Å². The Kier molecular flexibility index (Phi) is 7.62. The summed E-state index contributed by atoms with van der Waals surface area (Å²) in [6.07, 6.45) is -0.445. The predicted molar refractivity (Wildman–Crippen MR) is 153 cm³/mol. The third-order valence-electron chi connectivity index (χ3n) is 6.59. The number of rotatable bonds is 6. The van der Waals surface area contributed by atoms with Gasteiger partial charge in [-0.05, 0) is 69.2 Å². The Morgan fingerprint density at radius 2 is 1.73 bits per heavy atom. The van der Waals surface area contributed by atoms with E-state index in [9.17, 15) is 18.0 Å². The Bertz CT molecular complexity index is 1690. The van der Waals surface area contributed by atoms with Crippen molar-refractivity contribution in [2.45, 2.75) is 32.6 Å². The lowest BCUT2D eigenvalue weighted by Gasteiger charge is -2.33. The number of anilines is 1. The first-order valence-corrected chi connectivity index (χ1v) is 15.1. The molecule has 2 aromatic carbocycles. The van der Waals surface area contributed by atoms with Gasteiger partial charge in [0.25, 0.3) is 5.91 Å². The van der Waals surface area contributed by atoms with E-state index in [0.717, 1.165) is 21.3 Å². The van der Waals surface area contributed by atoms with Crippen LogP contribution >= 0.6 is 11.3 Å². The van der Waals surface area contributed by atoms with Gasteiger partial charge in [-0.2, -0.15) is 14.1 Å². The number of nitrogens with one attached hydrogen (secondary N) is 1. The molecule has 4 aromatic rings. The lowest BCUT2D eigenvalue weighted by atomic mass is 10.1. The second kappa shape index (κ2) is 11.0. The van der Waals surface area contributed by atoms with Crippen LogP contribution in [0.4, 0.5) is 10.6 Å². The van der Waals surface area contributed by atoms with E-state index in [2.05, 4.69) is 22.5 Å². The molecule has 2 aromatic heterocycles. The smallest absolute Gasteiger partial charge is 0.409 e. The van der Waals surface area contributed by atoms with E-state index in [4.69, 9.17) is 9.72 Å². The largest absolute Gasteiger partial charge is 0.450 e. The molecule has 0 radical (unpaired) electrons. The summed E-state index contributed by atoms with van der Waals surface area (Å²) in [6.45, 7) is 8.71. The zero-order valence-electron chi connectivity index (χ0n) is 22.7. The molecule has 210 valence electrons. The highest BCUT2D eigenvalue weighted by Gasteiger charge is 2.30. The molecule has 0 saturated carbocycles. The summed E-state index contributed by atoms with van der Waals surface area (Å²) >= 11 is 1.49. The molecule has 0 spiro atoms. The number of fused-ring (bicyclic) bond motifs is 1. The van der Waals surface area contributed by atoms with Crippen LogP contribution in [-0.4, -0.2) is 77.2 Å². The van der Waals surface area contributed by atoms with Crippen LogP contribution in [0.15, 0.2) is 47.4 Å². The molecule has 0 aliphatic carbocycles. The minimum absolute atomic E-state index is 0.0784. The molecule has 5 rings (SSSR count). The predicted octanol–water partition coefficient (Wildman–Crippen LogP) is 4.12. The number of benzene rings is 2. The first kappa shape index (κ1) is 27.7. The Morgan fingerprint density at radius 3 is 2.40 bits per heavy atom. The number of carbonyl (C=O) groups excluding carboxylic acids is 2. The number of sulfonamides is 1.